The van der Waals surface area contributed by atoms with Gasteiger partial charge in [-0.15, -0.1) is 0 Å². The number of nitro benzene ring substituents is 1. The Labute approximate surface area is 226 Å². The van der Waals surface area contributed by atoms with Crippen molar-refractivity contribution in [1.29, 1.82) is 0 Å². The molecule has 1 aliphatic rings. The van der Waals surface area contributed by atoms with E-state index in [9.17, 15) is 24.5 Å². The molecule has 0 unspecified atom stereocenters. The van der Waals surface area contributed by atoms with E-state index in [0.717, 1.165) is 16.7 Å². The highest BCUT2D eigenvalue weighted by molar-refractivity contribution is 8.18. The first-order valence-electron chi connectivity index (χ1n) is 11.1. The first-order valence-corrected chi connectivity index (χ1v) is 12.3. The summed E-state index contributed by atoms with van der Waals surface area (Å²) in [5.41, 5.74) is 1.21. The minimum absolute atomic E-state index is 0.159. The van der Waals surface area contributed by atoms with E-state index in [1.807, 2.05) is 0 Å². The van der Waals surface area contributed by atoms with Crippen LogP contribution in [0.2, 0.25) is 5.02 Å². The summed E-state index contributed by atoms with van der Waals surface area (Å²) >= 11 is 6.58. The predicted octanol–water partition coefficient (Wildman–Crippen LogP) is 5.51. The molecule has 3 amide bonds. The molecule has 0 radical (unpaired) electrons. The fourth-order valence-electron chi connectivity index (χ4n) is 3.55. The van der Waals surface area contributed by atoms with Crippen molar-refractivity contribution < 1.29 is 28.8 Å². The molecule has 0 atom stereocenters. The van der Waals surface area contributed by atoms with Gasteiger partial charge in [-0.2, -0.15) is 0 Å². The van der Waals surface area contributed by atoms with E-state index >= 15 is 0 Å². The van der Waals surface area contributed by atoms with Gasteiger partial charge in [-0.3, -0.25) is 29.4 Å². The lowest BCUT2D eigenvalue weighted by molar-refractivity contribution is -0.385. The molecular formula is C26H20ClN3O7S. The second kappa shape index (κ2) is 11.8. The standard InChI is InChI=1S/C26H20ClN3O7S/c1-36-22-12-16(6-11-21(22)37-15-24(31)28-19-9-7-18(27)8-10-19)13-23-25(32)29(26(33)38-23)14-17-4-2-3-5-20(17)30(34)35/h2-13H,14-15H2,1H3,(H,28,31)/b23-13-. The molecule has 10 nitrogen and oxygen atoms in total. The lowest BCUT2D eigenvalue weighted by Gasteiger charge is -2.13. The maximum absolute atomic E-state index is 12.9. The molecule has 0 spiro atoms. The van der Waals surface area contributed by atoms with Crippen molar-refractivity contribution in [2.24, 2.45) is 0 Å². The smallest absolute Gasteiger partial charge is 0.293 e. The molecule has 1 N–H and O–H groups in total. The number of methoxy groups -OCH3 is 1. The Morgan fingerprint density at radius 3 is 2.55 bits per heavy atom. The van der Waals surface area contributed by atoms with Crippen LogP contribution in [0, 0.1) is 10.1 Å². The number of hydrogen-bond donors (Lipinski definition) is 1. The molecule has 12 heteroatoms. The van der Waals surface area contributed by atoms with Gasteiger partial charge in [0.05, 0.1) is 23.5 Å². The van der Waals surface area contributed by atoms with Gasteiger partial charge in [0.25, 0.3) is 22.7 Å². The lowest BCUT2D eigenvalue weighted by atomic mass is 10.1. The summed E-state index contributed by atoms with van der Waals surface area (Å²) in [6.07, 6.45) is 1.52. The monoisotopic (exact) mass is 553 g/mol. The molecule has 4 rings (SSSR count). The van der Waals surface area contributed by atoms with Crippen molar-refractivity contribution in [2.45, 2.75) is 6.54 Å². The first-order chi connectivity index (χ1) is 18.2. The van der Waals surface area contributed by atoms with E-state index in [-0.39, 0.29) is 35.2 Å². The second-order valence-electron chi connectivity index (χ2n) is 7.91. The first kappa shape index (κ1) is 26.7. The Kier molecular flexibility index (Phi) is 8.29. The van der Waals surface area contributed by atoms with E-state index in [0.29, 0.717) is 27.8 Å². The third-order valence-electron chi connectivity index (χ3n) is 5.36. The van der Waals surface area contributed by atoms with E-state index in [2.05, 4.69) is 5.32 Å². The maximum atomic E-state index is 12.9. The Morgan fingerprint density at radius 2 is 1.84 bits per heavy atom. The molecule has 0 aliphatic carbocycles. The molecule has 0 aromatic heterocycles. The highest BCUT2D eigenvalue weighted by Gasteiger charge is 2.36. The minimum Gasteiger partial charge on any atom is -0.493 e. The number of hydrogen-bond acceptors (Lipinski definition) is 8. The van der Waals surface area contributed by atoms with Crippen LogP contribution in [0.25, 0.3) is 6.08 Å². The summed E-state index contributed by atoms with van der Waals surface area (Å²) < 4.78 is 11.0. The summed E-state index contributed by atoms with van der Waals surface area (Å²) in [6.45, 7) is -0.490. The number of anilines is 1. The number of halogens is 1. The third-order valence-corrected chi connectivity index (χ3v) is 6.52. The van der Waals surface area contributed by atoms with Crippen LogP contribution in [-0.2, 0) is 16.1 Å². The number of nitro groups is 1. The summed E-state index contributed by atoms with van der Waals surface area (Å²) in [6, 6.07) is 17.4. The van der Waals surface area contributed by atoms with Crippen LogP contribution >= 0.6 is 23.4 Å². The zero-order chi connectivity index (χ0) is 27.2. The van der Waals surface area contributed by atoms with Crippen molar-refractivity contribution in [3.8, 4) is 11.5 Å². The number of nitrogens with one attached hydrogen (secondary N) is 1. The third kappa shape index (κ3) is 6.31. The SMILES string of the molecule is COc1cc(/C=C2\SC(=O)N(Cc3ccccc3[N+](=O)[O-])C2=O)ccc1OCC(=O)Nc1ccc(Cl)cc1. The van der Waals surface area contributed by atoms with Gasteiger partial charge in [0.1, 0.15) is 0 Å². The molecule has 38 heavy (non-hydrogen) atoms. The van der Waals surface area contributed by atoms with Crippen LogP contribution in [0.3, 0.4) is 0 Å². The Hall–Kier alpha value is -4.35. The van der Waals surface area contributed by atoms with Crippen molar-refractivity contribution in [3.05, 3.63) is 97.9 Å². The number of nitrogens with zero attached hydrogens (tertiary/aromatic N) is 2. The van der Waals surface area contributed by atoms with Crippen LogP contribution in [0.15, 0.2) is 71.6 Å². The van der Waals surface area contributed by atoms with Crippen molar-refractivity contribution in [2.75, 3.05) is 19.0 Å². The van der Waals surface area contributed by atoms with Crippen molar-refractivity contribution >= 4 is 57.9 Å². The number of benzene rings is 3. The summed E-state index contributed by atoms with van der Waals surface area (Å²) in [7, 11) is 1.43. The van der Waals surface area contributed by atoms with Crippen molar-refractivity contribution in [1.82, 2.24) is 4.90 Å². The van der Waals surface area contributed by atoms with E-state index in [1.165, 1.54) is 31.4 Å². The zero-order valence-electron chi connectivity index (χ0n) is 19.9. The second-order valence-corrected chi connectivity index (χ2v) is 9.34. The highest BCUT2D eigenvalue weighted by Crippen LogP contribution is 2.36. The van der Waals surface area contributed by atoms with Gasteiger partial charge in [0.15, 0.2) is 18.1 Å². The zero-order valence-corrected chi connectivity index (χ0v) is 21.5. The maximum Gasteiger partial charge on any atom is 0.293 e. The summed E-state index contributed by atoms with van der Waals surface area (Å²) in [5, 5.41) is 14.0. The topological polar surface area (TPSA) is 128 Å². The van der Waals surface area contributed by atoms with Crippen LogP contribution in [-0.4, -0.2) is 40.6 Å². The molecule has 194 valence electrons. The Bertz CT molecular complexity index is 1440. The minimum atomic E-state index is -0.559. The normalized spacial score (nSPS) is 14.1. The summed E-state index contributed by atoms with van der Waals surface area (Å²) in [4.78, 5) is 49.5. The van der Waals surface area contributed by atoms with Gasteiger partial charge in [-0.25, -0.2) is 0 Å². The number of para-hydroxylation sites is 1. The van der Waals surface area contributed by atoms with E-state index in [1.54, 1.807) is 48.5 Å². The Morgan fingerprint density at radius 1 is 1.11 bits per heavy atom. The van der Waals surface area contributed by atoms with Gasteiger partial charge < -0.3 is 14.8 Å². The van der Waals surface area contributed by atoms with Gasteiger partial charge in [0.2, 0.25) is 0 Å². The molecular weight excluding hydrogens is 534 g/mol. The van der Waals surface area contributed by atoms with Crippen LogP contribution < -0.4 is 14.8 Å². The molecule has 0 bridgehead atoms. The van der Waals surface area contributed by atoms with Gasteiger partial charge >= 0.3 is 0 Å². The Balaban J connectivity index is 1.43. The van der Waals surface area contributed by atoms with Crippen LogP contribution in [0.5, 0.6) is 11.5 Å². The number of carbonyl (C=O) groups is 3. The number of imide groups is 1. The fraction of sp³-hybridized carbons (Fsp3) is 0.115. The van der Waals surface area contributed by atoms with E-state index in [4.69, 9.17) is 21.1 Å². The lowest BCUT2D eigenvalue weighted by Crippen LogP contribution is -2.27. The molecule has 1 fully saturated rings. The molecule has 1 heterocycles. The van der Waals surface area contributed by atoms with Gasteiger partial charge in [0, 0.05) is 22.3 Å². The number of carbonyl (C=O) groups excluding carboxylic acids is 3. The van der Waals surface area contributed by atoms with Crippen LogP contribution in [0.1, 0.15) is 11.1 Å². The molecule has 1 saturated heterocycles. The number of rotatable bonds is 9. The molecule has 3 aromatic carbocycles. The number of thioether (sulfide) groups is 1. The quantitative estimate of drug-likeness (QED) is 0.209. The average Bonchev–Trinajstić information content (AvgIpc) is 3.16. The fourth-order valence-corrected chi connectivity index (χ4v) is 4.51. The van der Waals surface area contributed by atoms with Gasteiger partial charge in [-0.1, -0.05) is 35.9 Å². The van der Waals surface area contributed by atoms with Crippen LogP contribution in [0.4, 0.5) is 16.2 Å². The van der Waals surface area contributed by atoms with Crippen molar-refractivity contribution in [3.63, 3.8) is 0 Å². The largest absolute Gasteiger partial charge is 0.493 e. The predicted molar refractivity (Wildman–Crippen MR) is 143 cm³/mol. The number of ether oxygens (including phenoxy) is 2. The highest BCUT2D eigenvalue weighted by atomic mass is 35.5. The van der Waals surface area contributed by atoms with Gasteiger partial charge in [-0.05, 0) is 59.8 Å². The average molecular weight is 554 g/mol. The number of amides is 3. The van der Waals surface area contributed by atoms with E-state index < -0.39 is 16.1 Å². The molecule has 3 aromatic rings. The molecule has 0 saturated carbocycles. The summed E-state index contributed by atoms with van der Waals surface area (Å²) in [5.74, 6) is -0.320. The molecule has 1 aliphatic heterocycles.